The minimum Gasteiger partial charge on any atom is -0.299 e. The van der Waals surface area contributed by atoms with Crippen molar-refractivity contribution < 1.29 is 4.79 Å². The van der Waals surface area contributed by atoms with Gasteiger partial charge in [-0.15, -0.1) is 0 Å². The highest BCUT2D eigenvalue weighted by molar-refractivity contribution is 9.10. The van der Waals surface area contributed by atoms with Gasteiger partial charge in [-0.2, -0.15) is 0 Å². The Bertz CT molecular complexity index is 393. The van der Waals surface area contributed by atoms with Crippen molar-refractivity contribution in [2.45, 2.75) is 32.1 Å². The minimum atomic E-state index is -0.308. The lowest BCUT2D eigenvalue weighted by Gasteiger charge is -2.31. The smallest absolute Gasteiger partial charge is 0.143 e. The molecule has 1 aromatic rings. The first-order valence-electron chi connectivity index (χ1n) is 4.84. The number of rotatable bonds is 0. The largest absolute Gasteiger partial charge is 0.299 e. The maximum Gasteiger partial charge on any atom is 0.143 e. The summed E-state index contributed by atoms with van der Waals surface area (Å²) >= 11 is 3.54. The van der Waals surface area contributed by atoms with E-state index in [1.54, 1.807) is 0 Å². The topological polar surface area (TPSA) is 17.1 Å². The van der Waals surface area contributed by atoms with Gasteiger partial charge in [0, 0.05) is 16.3 Å². The van der Waals surface area contributed by atoms with Crippen LogP contribution in [0.25, 0.3) is 0 Å². The van der Waals surface area contributed by atoms with Crippen molar-refractivity contribution in [2.24, 2.45) is 0 Å². The molecule has 0 spiro atoms. The van der Waals surface area contributed by atoms with Crippen LogP contribution in [0, 0.1) is 0 Å². The minimum absolute atomic E-state index is 0.308. The van der Waals surface area contributed by atoms with E-state index in [1.165, 1.54) is 11.1 Å². The third kappa shape index (κ3) is 1.33. The van der Waals surface area contributed by atoms with Gasteiger partial charge in [0.15, 0.2) is 0 Å². The van der Waals surface area contributed by atoms with E-state index in [9.17, 15) is 4.79 Å². The summed E-state index contributed by atoms with van der Waals surface area (Å²) in [6.07, 6.45) is 1.54. The Kier molecular flexibility index (Phi) is 2.26. The Morgan fingerprint density at radius 2 is 2.00 bits per heavy atom. The van der Waals surface area contributed by atoms with Gasteiger partial charge in [0.2, 0.25) is 0 Å². The lowest BCUT2D eigenvalue weighted by Crippen LogP contribution is -2.34. The van der Waals surface area contributed by atoms with Crippen molar-refractivity contribution in [3.8, 4) is 0 Å². The molecular weight excluding hydrogens is 240 g/mol. The van der Waals surface area contributed by atoms with Gasteiger partial charge >= 0.3 is 0 Å². The van der Waals surface area contributed by atoms with Crippen molar-refractivity contribution in [1.29, 1.82) is 0 Å². The first-order valence-corrected chi connectivity index (χ1v) is 5.64. The molecule has 0 saturated heterocycles. The molecule has 0 bridgehead atoms. The molecule has 1 aliphatic carbocycles. The number of Topliss-reactive ketones (excluding diaryl/α,β-unsaturated/α-hetero) is 1. The highest BCUT2D eigenvalue weighted by Crippen LogP contribution is 2.37. The van der Waals surface area contributed by atoms with Crippen LogP contribution >= 0.6 is 15.9 Å². The fourth-order valence-electron chi connectivity index (χ4n) is 2.10. The molecule has 0 saturated carbocycles. The lowest BCUT2D eigenvalue weighted by molar-refractivity contribution is -0.124. The molecule has 2 heteroatoms. The fourth-order valence-corrected chi connectivity index (χ4v) is 2.66. The van der Waals surface area contributed by atoms with Crippen molar-refractivity contribution in [1.82, 2.24) is 0 Å². The van der Waals surface area contributed by atoms with Gasteiger partial charge in [-0.3, -0.25) is 4.79 Å². The molecule has 0 unspecified atom stereocenters. The monoisotopic (exact) mass is 252 g/mol. The Morgan fingerprint density at radius 1 is 1.29 bits per heavy atom. The molecule has 0 aliphatic heterocycles. The van der Waals surface area contributed by atoms with E-state index in [0.29, 0.717) is 12.2 Å². The first-order chi connectivity index (χ1) is 6.53. The van der Waals surface area contributed by atoms with Crippen LogP contribution in [0.4, 0.5) is 0 Å². The Balaban J connectivity index is 2.64. The molecule has 14 heavy (non-hydrogen) atoms. The quantitative estimate of drug-likeness (QED) is 0.693. The molecule has 0 N–H and O–H groups in total. The SMILES string of the molecule is CC1(C)C(=O)CCc2c(Br)cccc21. The summed E-state index contributed by atoms with van der Waals surface area (Å²) in [6, 6.07) is 6.12. The predicted octanol–water partition coefficient (Wildman–Crippen LogP) is 3.24. The predicted molar refractivity (Wildman–Crippen MR) is 60.5 cm³/mol. The third-order valence-corrected chi connectivity index (χ3v) is 3.83. The van der Waals surface area contributed by atoms with Gasteiger partial charge in [0.25, 0.3) is 0 Å². The zero-order valence-corrected chi connectivity index (χ0v) is 10.0. The highest BCUT2D eigenvalue weighted by Gasteiger charge is 2.35. The van der Waals surface area contributed by atoms with Crippen molar-refractivity contribution in [2.75, 3.05) is 0 Å². The van der Waals surface area contributed by atoms with Crippen LogP contribution in [0.1, 0.15) is 31.4 Å². The van der Waals surface area contributed by atoms with Crippen LogP contribution in [0.2, 0.25) is 0 Å². The van der Waals surface area contributed by atoms with Gasteiger partial charge in [0.05, 0.1) is 0 Å². The van der Waals surface area contributed by atoms with Crippen LogP contribution in [-0.4, -0.2) is 5.78 Å². The Labute approximate surface area is 92.6 Å². The zero-order chi connectivity index (χ0) is 10.3. The van der Waals surface area contributed by atoms with Gasteiger partial charge in [0.1, 0.15) is 5.78 Å². The normalized spacial score (nSPS) is 19.2. The summed E-state index contributed by atoms with van der Waals surface area (Å²) < 4.78 is 1.13. The lowest BCUT2D eigenvalue weighted by atomic mass is 9.72. The summed E-state index contributed by atoms with van der Waals surface area (Å²) in [6.45, 7) is 4.03. The summed E-state index contributed by atoms with van der Waals surface area (Å²) in [5.74, 6) is 0.350. The molecule has 0 heterocycles. The van der Waals surface area contributed by atoms with Crippen molar-refractivity contribution >= 4 is 21.7 Å². The number of ketones is 1. The van der Waals surface area contributed by atoms with Crippen LogP contribution in [0.15, 0.2) is 22.7 Å². The van der Waals surface area contributed by atoms with E-state index in [1.807, 2.05) is 26.0 Å². The van der Waals surface area contributed by atoms with Crippen LogP contribution in [0.3, 0.4) is 0 Å². The van der Waals surface area contributed by atoms with E-state index in [2.05, 4.69) is 22.0 Å². The number of hydrogen-bond acceptors (Lipinski definition) is 1. The zero-order valence-electron chi connectivity index (χ0n) is 8.43. The molecule has 2 rings (SSSR count). The van der Waals surface area contributed by atoms with Crippen molar-refractivity contribution in [3.63, 3.8) is 0 Å². The number of carbonyl (C=O) groups excluding carboxylic acids is 1. The molecule has 0 atom stereocenters. The van der Waals surface area contributed by atoms with Crippen LogP contribution in [0.5, 0.6) is 0 Å². The van der Waals surface area contributed by atoms with Gasteiger partial charge in [-0.05, 0) is 37.5 Å². The van der Waals surface area contributed by atoms with Gasteiger partial charge in [-0.25, -0.2) is 0 Å². The summed E-state index contributed by atoms with van der Waals surface area (Å²) in [5.41, 5.74) is 2.18. The molecule has 0 amide bonds. The van der Waals surface area contributed by atoms with Gasteiger partial charge in [-0.1, -0.05) is 28.1 Å². The number of fused-ring (bicyclic) bond motifs is 1. The summed E-state index contributed by atoms with van der Waals surface area (Å²) in [7, 11) is 0. The van der Waals surface area contributed by atoms with Gasteiger partial charge < -0.3 is 0 Å². The average Bonchev–Trinajstić information content (AvgIpc) is 2.13. The number of benzene rings is 1. The van der Waals surface area contributed by atoms with Crippen LogP contribution in [-0.2, 0) is 16.6 Å². The standard InChI is InChI=1S/C12H13BrO/c1-12(2)9-4-3-5-10(13)8(9)6-7-11(12)14/h3-5H,6-7H2,1-2H3. The van der Waals surface area contributed by atoms with Crippen molar-refractivity contribution in [3.05, 3.63) is 33.8 Å². The number of halogens is 1. The third-order valence-electron chi connectivity index (χ3n) is 3.09. The molecule has 1 nitrogen and oxygen atoms in total. The summed E-state index contributed by atoms with van der Waals surface area (Å²) in [4.78, 5) is 11.8. The van der Waals surface area contributed by atoms with E-state index in [4.69, 9.17) is 0 Å². The molecule has 0 radical (unpaired) electrons. The molecule has 0 aromatic heterocycles. The van der Waals surface area contributed by atoms with Crippen LogP contribution < -0.4 is 0 Å². The maximum atomic E-state index is 11.8. The van der Waals surface area contributed by atoms with E-state index in [0.717, 1.165) is 10.9 Å². The average molecular weight is 253 g/mol. The molecule has 1 aromatic carbocycles. The second-order valence-corrected chi connectivity index (χ2v) is 5.17. The van der Waals surface area contributed by atoms with E-state index in [-0.39, 0.29) is 5.41 Å². The Hall–Kier alpha value is -0.630. The molecular formula is C12H13BrO. The highest BCUT2D eigenvalue weighted by atomic mass is 79.9. The second-order valence-electron chi connectivity index (χ2n) is 4.31. The first kappa shape index (κ1) is 9.91. The molecule has 1 aliphatic rings. The van der Waals surface area contributed by atoms with E-state index < -0.39 is 0 Å². The maximum absolute atomic E-state index is 11.8. The fraction of sp³-hybridized carbons (Fsp3) is 0.417. The van der Waals surface area contributed by atoms with E-state index >= 15 is 0 Å². The number of hydrogen-bond donors (Lipinski definition) is 0. The Morgan fingerprint density at radius 3 is 2.71 bits per heavy atom. The molecule has 0 fully saturated rings. The number of carbonyl (C=O) groups is 1. The molecule has 74 valence electrons. The summed E-state index contributed by atoms with van der Waals surface area (Å²) in [5, 5.41) is 0. The second kappa shape index (κ2) is 3.20.